The fourth-order valence-corrected chi connectivity index (χ4v) is 3.79. The molecule has 0 atom stereocenters. The highest BCUT2D eigenvalue weighted by atomic mass is 35.5. The summed E-state index contributed by atoms with van der Waals surface area (Å²) in [5.41, 5.74) is 0.852. The first kappa shape index (κ1) is 19.5. The van der Waals surface area contributed by atoms with Gasteiger partial charge in [0.25, 0.3) is 0 Å². The molecule has 0 aliphatic rings. The molecule has 3 aromatic rings. The van der Waals surface area contributed by atoms with E-state index >= 15 is 0 Å². The summed E-state index contributed by atoms with van der Waals surface area (Å²) < 4.78 is 26.1. The maximum absolute atomic E-state index is 13.2. The minimum Gasteiger partial charge on any atom is -0.497 e. The first-order chi connectivity index (χ1) is 13.1. The van der Waals surface area contributed by atoms with Gasteiger partial charge in [-0.1, -0.05) is 29.4 Å². The zero-order chi connectivity index (χ0) is 19.2. The minimum absolute atomic E-state index is 0.311. The van der Waals surface area contributed by atoms with Crippen LogP contribution >= 0.6 is 23.4 Å². The summed E-state index contributed by atoms with van der Waals surface area (Å²) in [5.74, 6) is 2.48. The molecule has 0 saturated carbocycles. The Kier molecular flexibility index (Phi) is 6.58. The van der Waals surface area contributed by atoms with Crippen LogP contribution in [0.25, 0.3) is 0 Å². The number of hydrogen-bond donors (Lipinski definition) is 0. The topological polar surface area (TPSA) is 49.2 Å². The van der Waals surface area contributed by atoms with Crippen LogP contribution in [-0.2, 0) is 18.9 Å². The highest BCUT2D eigenvalue weighted by Gasteiger charge is 2.13. The Hall–Kier alpha value is -2.25. The molecule has 1 heterocycles. The molecule has 0 aliphatic carbocycles. The largest absolute Gasteiger partial charge is 0.497 e. The van der Waals surface area contributed by atoms with Crippen molar-refractivity contribution in [3.63, 3.8) is 0 Å². The molecular weight excluding hydrogens is 389 g/mol. The van der Waals surface area contributed by atoms with E-state index in [9.17, 15) is 4.39 Å². The van der Waals surface area contributed by atoms with Crippen LogP contribution in [0.15, 0.2) is 47.6 Å². The first-order valence-electron chi connectivity index (χ1n) is 8.36. The van der Waals surface area contributed by atoms with E-state index in [1.54, 1.807) is 13.2 Å². The zero-order valence-corrected chi connectivity index (χ0v) is 16.6. The van der Waals surface area contributed by atoms with Crippen LogP contribution in [0.1, 0.15) is 18.3 Å². The van der Waals surface area contributed by atoms with Crippen LogP contribution in [-0.4, -0.2) is 21.9 Å². The normalized spacial score (nSPS) is 10.8. The number of thioether (sulfide) groups is 1. The summed E-state index contributed by atoms with van der Waals surface area (Å²) in [5, 5.41) is 9.66. The average molecular weight is 408 g/mol. The maximum Gasteiger partial charge on any atom is 0.191 e. The molecule has 0 amide bonds. The molecule has 0 bridgehead atoms. The van der Waals surface area contributed by atoms with Crippen LogP contribution < -0.4 is 9.47 Å². The quantitative estimate of drug-likeness (QED) is 0.493. The van der Waals surface area contributed by atoms with Gasteiger partial charge in [0.15, 0.2) is 11.0 Å². The van der Waals surface area contributed by atoms with Gasteiger partial charge in [-0.25, -0.2) is 4.39 Å². The van der Waals surface area contributed by atoms with Gasteiger partial charge in [-0.05, 0) is 48.9 Å². The number of halogens is 2. The molecule has 1 aromatic heterocycles. The number of nitrogens with zero attached hydrogens (tertiary/aromatic N) is 3. The molecule has 0 fully saturated rings. The SMILES string of the molecule is CCn1c(COc2ccc(OC)cc2)nnc1SCc1ccc(F)cc1Cl. The Morgan fingerprint density at radius 3 is 2.52 bits per heavy atom. The van der Waals surface area contributed by atoms with Crippen molar-refractivity contribution in [1.82, 2.24) is 14.8 Å². The Balaban J connectivity index is 1.64. The molecule has 0 unspecified atom stereocenters. The lowest BCUT2D eigenvalue weighted by Gasteiger charge is -2.09. The number of aromatic nitrogens is 3. The number of benzene rings is 2. The van der Waals surface area contributed by atoms with Gasteiger partial charge in [-0.15, -0.1) is 10.2 Å². The van der Waals surface area contributed by atoms with Crippen LogP contribution in [0.5, 0.6) is 11.5 Å². The Morgan fingerprint density at radius 2 is 1.85 bits per heavy atom. The third-order valence-electron chi connectivity index (χ3n) is 3.91. The molecule has 0 saturated heterocycles. The predicted molar refractivity (Wildman–Crippen MR) is 104 cm³/mol. The van der Waals surface area contributed by atoms with E-state index in [1.807, 2.05) is 35.8 Å². The third-order valence-corrected chi connectivity index (χ3v) is 5.28. The molecule has 0 radical (unpaired) electrons. The lowest BCUT2D eigenvalue weighted by molar-refractivity contribution is 0.287. The summed E-state index contributed by atoms with van der Waals surface area (Å²) in [7, 11) is 1.62. The molecule has 2 aromatic carbocycles. The summed E-state index contributed by atoms with van der Waals surface area (Å²) in [4.78, 5) is 0. The van der Waals surface area contributed by atoms with Crippen molar-refractivity contribution in [1.29, 1.82) is 0 Å². The van der Waals surface area contributed by atoms with Crippen molar-refractivity contribution in [2.24, 2.45) is 0 Å². The molecular formula is C19H19ClFN3O2S. The smallest absolute Gasteiger partial charge is 0.191 e. The zero-order valence-electron chi connectivity index (χ0n) is 15.0. The molecule has 27 heavy (non-hydrogen) atoms. The fourth-order valence-electron chi connectivity index (χ4n) is 2.45. The fraction of sp³-hybridized carbons (Fsp3) is 0.263. The van der Waals surface area contributed by atoms with Crippen molar-refractivity contribution in [2.75, 3.05) is 7.11 Å². The molecule has 8 heteroatoms. The van der Waals surface area contributed by atoms with Crippen molar-refractivity contribution in [3.05, 3.63) is 64.7 Å². The third kappa shape index (κ3) is 4.93. The summed E-state index contributed by atoms with van der Waals surface area (Å²) in [6, 6.07) is 11.8. The molecule has 3 rings (SSSR count). The van der Waals surface area contributed by atoms with E-state index < -0.39 is 0 Å². The molecule has 0 aliphatic heterocycles. The van der Waals surface area contributed by atoms with Crippen LogP contribution in [0.3, 0.4) is 0 Å². The molecule has 142 valence electrons. The van der Waals surface area contributed by atoms with Crippen molar-refractivity contribution >= 4 is 23.4 Å². The first-order valence-corrected chi connectivity index (χ1v) is 9.72. The van der Waals surface area contributed by atoms with Gasteiger partial charge in [0.1, 0.15) is 23.9 Å². The number of ether oxygens (including phenoxy) is 2. The second-order valence-corrected chi connectivity index (χ2v) is 6.98. The van der Waals surface area contributed by atoms with E-state index in [-0.39, 0.29) is 5.82 Å². The standard InChI is InChI=1S/C19H19ClFN3O2S/c1-3-24-18(11-26-16-8-6-15(25-2)7-9-16)22-23-19(24)27-12-13-4-5-14(21)10-17(13)20/h4-10H,3,11-12H2,1-2H3. The maximum atomic E-state index is 13.2. The van der Waals surface area contributed by atoms with E-state index in [2.05, 4.69) is 10.2 Å². The van der Waals surface area contributed by atoms with Gasteiger partial charge in [0.2, 0.25) is 0 Å². The van der Waals surface area contributed by atoms with Gasteiger partial charge in [-0.3, -0.25) is 0 Å². The van der Waals surface area contributed by atoms with Crippen molar-refractivity contribution < 1.29 is 13.9 Å². The number of hydrogen-bond acceptors (Lipinski definition) is 5. The highest BCUT2D eigenvalue weighted by molar-refractivity contribution is 7.98. The second-order valence-electron chi connectivity index (χ2n) is 5.63. The Bertz CT molecular complexity index is 902. The summed E-state index contributed by atoms with van der Waals surface area (Å²) >= 11 is 7.59. The summed E-state index contributed by atoms with van der Waals surface area (Å²) in [6.45, 7) is 3.05. The van der Waals surface area contributed by atoms with Crippen LogP contribution in [0.4, 0.5) is 4.39 Å². The Labute approximate surface area is 166 Å². The lowest BCUT2D eigenvalue weighted by atomic mass is 10.2. The van der Waals surface area contributed by atoms with Gasteiger partial charge in [-0.2, -0.15) is 0 Å². The molecule has 5 nitrogen and oxygen atoms in total. The van der Waals surface area contributed by atoms with Gasteiger partial charge >= 0.3 is 0 Å². The number of methoxy groups -OCH3 is 1. The average Bonchev–Trinajstić information content (AvgIpc) is 3.08. The number of rotatable bonds is 8. The van der Waals surface area contributed by atoms with E-state index in [1.165, 1.54) is 23.9 Å². The van der Waals surface area contributed by atoms with Crippen molar-refractivity contribution in [2.45, 2.75) is 31.0 Å². The molecule has 0 spiro atoms. The lowest BCUT2D eigenvalue weighted by Crippen LogP contribution is -2.07. The van der Waals surface area contributed by atoms with E-state index in [4.69, 9.17) is 21.1 Å². The van der Waals surface area contributed by atoms with Gasteiger partial charge in [0, 0.05) is 17.3 Å². The Morgan fingerprint density at radius 1 is 1.11 bits per heavy atom. The predicted octanol–water partition coefficient (Wildman–Crippen LogP) is 4.97. The van der Waals surface area contributed by atoms with Crippen LogP contribution in [0, 0.1) is 5.82 Å². The van der Waals surface area contributed by atoms with Crippen LogP contribution in [0.2, 0.25) is 5.02 Å². The van der Waals surface area contributed by atoms with Gasteiger partial charge in [0.05, 0.1) is 7.11 Å². The van der Waals surface area contributed by atoms with Crippen molar-refractivity contribution in [3.8, 4) is 11.5 Å². The molecule has 0 N–H and O–H groups in total. The minimum atomic E-state index is -0.344. The van der Waals surface area contributed by atoms with Gasteiger partial charge < -0.3 is 14.0 Å². The monoisotopic (exact) mass is 407 g/mol. The second kappa shape index (κ2) is 9.10. The van der Waals surface area contributed by atoms with E-state index in [0.29, 0.717) is 23.9 Å². The van der Waals surface area contributed by atoms with E-state index in [0.717, 1.165) is 28.0 Å². The summed E-state index contributed by atoms with van der Waals surface area (Å²) in [6.07, 6.45) is 0. The highest BCUT2D eigenvalue weighted by Crippen LogP contribution is 2.27.